The highest BCUT2D eigenvalue weighted by atomic mass is 35.5. The Labute approximate surface area is 152 Å². The van der Waals surface area contributed by atoms with Gasteiger partial charge in [0.2, 0.25) is 10.0 Å². The van der Waals surface area contributed by atoms with Crippen LogP contribution in [0.3, 0.4) is 0 Å². The summed E-state index contributed by atoms with van der Waals surface area (Å²) in [4.78, 5) is 0. The second-order valence-electron chi connectivity index (χ2n) is 5.47. The minimum absolute atomic E-state index is 0.164. The van der Waals surface area contributed by atoms with E-state index in [1.54, 1.807) is 18.2 Å². The summed E-state index contributed by atoms with van der Waals surface area (Å²) in [5, 5.41) is 0.666. The molecule has 1 N–H and O–H groups in total. The van der Waals surface area contributed by atoms with E-state index in [1.165, 1.54) is 0 Å². The fourth-order valence-electron chi connectivity index (χ4n) is 2.13. The molecule has 0 atom stereocenters. The monoisotopic (exact) mass is 387 g/mol. The highest BCUT2D eigenvalue weighted by molar-refractivity contribution is 7.88. The van der Waals surface area contributed by atoms with E-state index in [9.17, 15) is 8.42 Å². The summed E-state index contributed by atoms with van der Waals surface area (Å²) in [7, 11) is -3.55. The first-order valence-corrected chi connectivity index (χ1v) is 9.79. The molecule has 0 aliphatic carbocycles. The van der Waals surface area contributed by atoms with Gasteiger partial charge < -0.3 is 4.74 Å². The molecule has 0 unspecified atom stereocenters. The first kappa shape index (κ1) is 19.1. The van der Waals surface area contributed by atoms with Gasteiger partial charge in [0.1, 0.15) is 12.4 Å². The molecular weight excluding hydrogens is 369 g/mol. The van der Waals surface area contributed by atoms with Crippen LogP contribution in [0.25, 0.3) is 0 Å². The Bertz CT molecular complexity index is 802. The van der Waals surface area contributed by atoms with E-state index in [0.29, 0.717) is 15.6 Å². The molecule has 0 fully saturated rings. The average molecular weight is 388 g/mol. The van der Waals surface area contributed by atoms with Crippen molar-refractivity contribution in [3.63, 3.8) is 0 Å². The molecular formula is C17H19Cl2NO3S. The summed E-state index contributed by atoms with van der Waals surface area (Å²) in [5.74, 6) is 0.484. The Kier molecular flexibility index (Phi) is 6.52. The maximum absolute atomic E-state index is 12.2. The van der Waals surface area contributed by atoms with Gasteiger partial charge >= 0.3 is 0 Å². The number of nitrogens with one attached hydrogen (secondary N) is 1. The molecule has 0 aromatic heterocycles. The first-order chi connectivity index (χ1) is 11.3. The number of ether oxygens (including phenoxy) is 1. The van der Waals surface area contributed by atoms with E-state index >= 15 is 0 Å². The normalized spacial score (nSPS) is 11.5. The zero-order valence-electron chi connectivity index (χ0n) is 13.5. The van der Waals surface area contributed by atoms with Gasteiger partial charge in [-0.15, -0.1) is 0 Å². The molecule has 7 heteroatoms. The molecule has 24 heavy (non-hydrogen) atoms. The zero-order valence-corrected chi connectivity index (χ0v) is 15.8. The fraction of sp³-hybridized carbons (Fsp3) is 0.294. The second-order valence-corrected chi connectivity index (χ2v) is 8.09. The van der Waals surface area contributed by atoms with Crippen LogP contribution in [-0.2, 0) is 15.8 Å². The molecule has 0 spiro atoms. The topological polar surface area (TPSA) is 55.4 Å². The summed E-state index contributed by atoms with van der Waals surface area (Å²) in [5.41, 5.74) is 2.49. The van der Waals surface area contributed by atoms with Gasteiger partial charge in [-0.3, -0.25) is 0 Å². The molecule has 0 bridgehead atoms. The van der Waals surface area contributed by atoms with Crippen LogP contribution in [0.15, 0.2) is 36.4 Å². The molecule has 0 radical (unpaired) electrons. The molecule has 4 nitrogen and oxygen atoms in total. The minimum atomic E-state index is -3.55. The fourth-order valence-corrected chi connectivity index (χ4v) is 4.01. The molecule has 2 aromatic carbocycles. The van der Waals surface area contributed by atoms with Crippen molar-refractivity contribution in [3.05, 3.63) is 63.1 Å². The lowest BCUT2D eigenvalue weighted by atomic mass is 10.1. The standard InChI is InChI=1S/C17H19Cl2NO3S/c1-12-6-7-13(2)17(10-12)23-9-8-20-24(21,22)11-14-15(18)4-3-5-16(14)19/h3-7,10,20H,8-9,11H2,1-2H3. The summed E-state index contributed by atoms with van der Waals surface area (Å²) >= 11 is 12.0. The van der Waals surface area contributed by atoms with E-state index < -0.39 is 10.0 Å². The summed E-state index contributed by atoms with van der Waals surface area (Å²) < 4.78 is 32.4. The van der Waals surface area contributed by atoms with Crippen molar-refractivity contribution in [1.29, 1.82) is 0 Å². The van der Waals surface area contributed by atoms with Crippen LogP contribution in [0, 0.1) is 13.8 Å². The Morgan fingerprint density at radius 2 is 1.75 bits per heavy atom. The molecule has 0 saturated carbocycles. The van der Waals surface area contributed by atoms with Crippen LogP contribution >= 0.6 is 23.2 Å². The zero-order chi connectivity index (χ0) is 17.7. The van der Waals surface area contributed by atoms with Crippen molar-refractivity contribution >= 4 is 33.2 Å². The second kappa shape index (κ2) is 8.21. The lowest BCUT2D eigenvalue weighted by Gasteiger charge is -2.12. The average Bonchev–Trinajstić information content (AvgIpc) is 2.51. The van der Waals surface area contributed by atoms with Crippen LogP contribution in [-0.4, -0.2) is 21.6 Å². The van der Waals surface area contributed by atoms with Gasteiger partial charge in [0.25, 0.3) is 0 Å². The molecule has 0 aliphatic rings. The van der Waals surface area contributed by atoms with E-state index in [4.69, 9.17) is 27.9 Å². The number of sulfonamides is 1. The van der Waals surface area contributed by atoms with Gasteiger partial charge in [0.15, 0.2) is 0 Å². The van der Waals surface area contributed by atoms with E-state index in [0.717, 1.165) is 16.9 Å². The summed E-state index contributed by atoms with van der Waals surface area (Å²) in [6, 6.07) is 10.8. The largest absolute Gasteiger partial charge is 0.492 e. The van der Waals surface area contributed by atoms with Crippen molar-refractivity contribution in [1.82, 2.24) is 4.72 Å². The predicted octanol–water partition coefficient (Wildman–Crippen LogP) is 4.11. The Balaban J connectivity index is 1.90. The number of hydrogen-bond donors (Lipinski definition) is 1. The van der Waals surface area contributed by atoms with Gasteiger partial charge in [0.05, 0.1) is 5.75 Å². The van der Waals surface area contributed by atoms with Crippen LogP contribution in [0.2, 0.25) is 10.0 Å². The smallest absolute Gasteiger partial charge is 0.216 e. The molecule has 2 rings (SSSR count). The van der Waals surface area contributed by atoms with Gasteiger partial charge in [-0.2, -0.15) is 0 Å². The Hall–Kier alpha value is -1.27. The Morgan fingerprint density at radius 3 is 2.42 bits per heavy atom. The molecule has 0 heterocycles. The number of aryl methyl sites for hydroxylation is 2. The third kappa shape index (κ3) is 5.38. The lowest BCUT2D eigenvalue weighted by molar-refractivity contribution is 0.320. The SMILES string of the molecule is Cc1ccc(C)c(OCCNS(=O)(=O)Cc2c(Cl)cccc2Cl)c1. The summed E-state index contributed by atoms with van der Waals surface area (Å²) in [6.07, 6.45) is 0. The molecule has 0 aliphatic heterocycles. The maximum Gasteiger partial charge on any atom is 0.216 e. The van der Waals surface area contributed by atoms with Crippen molar-refractivity contribution in [2.45, 2.75) is 19.6 Å². The quantitative estimate of drug-likeness (QED) is 0.727. The van der Waals surface area contributed by atoms with Crippen LogP contribution in [0.1, 0.15) is 16.7 Å². The molecule has 0 saturated heterocycles. The van der Waals surface area contributed by atoms with Crippen LogP contribution < -0.4 is 9.46 Å². The van der Waals surface area contributed by atoms with Crippen molar-refractivity contribution < 1.29 is 13.2 Å². The molecule has 130 valence electrons. The van der Waals surface area contributed by atoms with Crippen molar-refractivity contribution in [2.24, 2.45) is 0 Å². The highest BCUT2D eigenvalue weighted by Gasteiger charge is 2.16. The van der Waals surface area contributed by atoms with E-state index in [1.807, 2.05) is 32.0 Å². The van der Waals surface area contributed by atoms with Crippen LogP contribution in [0.4, 0.5) is 0 Å². The predicted molar refractivity (Wildman–Crippen MR) is 98.5 cm³/mol. The van der Waals surface area contributed by atoms with Gasteiger partial charge in [0, 0.05) is 22.2 Å². The van der Waals surface area contributed by atoms with Gasteiger partial charge in [-0.1, -0.05) is 41.4 Å². The van der Waals surface area contributed by atoms with E-state index in [-0.39, 0.29) is 18.9 Å². The molecule has 0 amide bonds. The summed E-state index contributed by atoms with van der Waals surface area (Å²) in [6.45, 7) is 4.32. The third-order valence-corrected chi connectivity index (χ3v) is 5.44. The number of benzene rings is 2. The lowest BCUT2D eigenvalue weighted by Crippen LogP contribution is -2.29. The number of rotatable bonds is 7. The molecule has 2 aromatic rings. The number of hydrogen-bond acceptors (Lipinski definition) is 3. The maximum atomic E-state index is 12.2. The minimum Gasteiger partial charge on any atom is -0.492 e. The highest BCUT2D eigenvalue weighted by Crippen LogP contribution is 2.25. The Morgan fingerprint density at radius 1 is 1.08 bits per heavy atom. The van der Waals surface area contributed by atoms with Crippen molar-refractivity contribution in [3.8, 4) is 5.75 Å². The number of halogens is 2. The first-order valence-electron chi connectivity index (χ1n) is 7.39. The van der Waals surface area contributed by atoms with Gasteiger partial charge in [-0.25, -0.2) is 13.1 Å². The van der Waals surface area contributed by atoms with Gasteiger partial charge in [-0.05, 0) is 43.2 Å². The van der Waals surface area contributed by atoms with E-state index in [2.05, 4.69) is 4.72 Å². The van der Waals surface area contributed by atoms with Crippen molar-refractivity contribution in [2.75, 3.05) is 13.2 Å². The third-order valence-electron chi connectivity index (χ3n) is 3.42. The van der Waals surface area contributed by atoms with Crippen LogP contribution in [0.5, 0.6) is 5.75 Å².